The van der Waals surface area contributed by atoms with E-state index in [1.165, 1.54) is 0 Å². The van der Waals surface area contributed by atoms with Crippen molar-refractivity contribution in [3.8, 4) is 0 Å². The van der Waals surface area contributed by atoms with Gasteiger partial charge in [-0.3, -0.25) is 4.90 Å². The third kappa shape index (κ3) is 3.68. The van der Waals surface area contributed by atoms with Gasteiger partial charge in [-0.25, -0.2) is 0 Å². The zero-order chi connectivity index (χ0) is 12.1. The van der Waals surface area contributed by atoms with Crippen LogP contribution in [0.3, 0.4) is 0 Å². The zero-order valence-electron chi connectivity index (χ0n) is 9.81. The Morgan fingerprint density at radius 3 is 2.47 bits per heavy atom. The number of benzene rings is 1. The quantitative estimate of drug-likeness (QED) is 0.890. The van der Waals surface area contributed by atoms with Gasteiger partial charge in [0.25, 0.3) is 0 Å². The number of hydrogen-bond acceptors (Lipinski definition) is 3. The van der Waals surface area contributed by atoms with E-state index in [0.29, 0.717) is 0 Å². The summed E-state index contributed by atoms with van der Waals surface area (Å²) in [7, 11) is 0. The normalized spacial score (nSPS) is 19.2. The van der Waals surface area contributed by atoms with Crippen molar-refractivity contribution in [3.05, 3.63) is 34.9 Å². The lowest BCUT2D eigenvalue weighted by Crippen LogP contribution is -2.39. The van der Waals surface area contributed by atoms with Crippen LogP contribution in [0.2, 0.25) is 5.02 Å². The first kappa shape index (κ1) is 12.8. The molecule has 0 saturated carbocycles. The SMILES string of the molecule is OCC(CN1CCOCC1)c1ccc(Cl)cc1. The average Bonchev–Trinajstić information content (AvgIpc) is 2.38. The highest BCUT2D eigenvalue weighted by Gasteiger charge is 2.17. The van der Waals surface area contributed by atoms with Gasteiger partial charge in [-0.05, 0) is 17.7 Å². The van der Waals surface area contributed by atoms with Gasteiger partial charge in [0.05, 0.1) is 19.8 Å². The third-order valence-corrected chi connectivity index (χ3v) is 3.40. The molecule has 0 bridgehead atoms. The van der Waals surface area contributed by atoms with Crippen LogP contribution in [0.5, 0.6) is 0 Å². The van der Waals surface area contributed by atoms with Crippen LogP contribution in [-0.2, 0) is 4.74 Å². The summed E-state index contributed by atoms with van der Waals surface area (Å²) in [6.45, 7) is 4.52. The fourth-order valence-corrected chi connectivity index (χ4v) is 2.22. The van der Waals surface area contributed by atoms with Crippen LogP contribution >= 0.6 is 11.6 Å². The summed E-state index contributed by atoms with van der Waals surface area (Å²) in [6.07, 6.45) is 0. The van der Waals surface area contributed by atoms with Crippen molar-refractivity contribution in [2.75, 3.05) is 39.5 Å². The van der Waals surface area contributed by atoms with Gasteiger partial charge in [-0.1, -0.05) is 23.7 Å². The predicted octanol–water partition coefficient (Wildman–Crippen LogP) is 1.75. The van der Waals surface area contributed by atoms with E-state index in [4.69, 9.17) is 16.3 Å². The Hall–Kier alpha value is -0.610. The molecule has 0 radical (unpaired) electrons. The second kappa shape index (κ2) is 6.36. The zero-order valence-corrected chi connectivity index (χ0v) is 10.6. The van der Waals surface area contributed by atoms with Crippen molar-refractivity contribution in [2.45, 2.75) is 5.92 Å². The summed E-state index contributed by atoms with van der Waals surface area (Å²) in [5.41, 5.74) is 1.14. The molecule has 1 atom stereocenters. The van der Waals surface area contributed by atoms with Crippen LogP contribution in [-0.4, -0.2) is 49.5 Å². The van der Waals surface area contributed by atoms with Crippen molar-refractivity contribution in [2.24, 2.45) is 0 Å². The fourth-order valence-electron chi connectivity index (χ4n) is 2.10. The first-order valence-corrected chi connectivity index (χ1v) is 6.34. The molecule has 1 unspecified atom stereocenters. The molecular formula is C13H18ClNO2. The van der Waals surface area contributed by atoms with Gasteiger partial charge < -0.3 is 9.84 Å². The van der Waals surface area contributed by atoms with Gasteiger partial charge in [-0.2, -0.15) is 0 Å². The number of hydrogen-bond donors (Lipinski definition) is 1. The smallest absolute Gasteiger partial charge is 0.0594 e. The molecule has 1 aliphatic heterocycles. The minimum atomic E-state index is 0.158. The van der Waals surface area contributed by atoms with Crippen molar-refractivity contribution in [1.29, 1.82) is 0 Å². The van der Waals surface area contributed by atoms with E-state index in [0.717, 1.165) is 43.4 Å². The first-order valence-electron chi connectivity index (χ1n) is 5.96. The van der Waals surface area contributed by atoms with Crippen molar-refractivity contribution in [3.63, 3.8) is 0 Å². The minimum absolute atomic E-state index is 0.158. The van der Waals surface area contributed by atoms with Crippen molar-refractivity contribution >= 4 is 11.6 Å². The standard InChI is InChI=1S/C13H18ClNO2/c14-13-3-1-11(2-4-13)12(10-16)9-15-5-7-17-8-6-15/h1-4,12,16H,5-10H2. The Morgan fingerprint density at radius 2 is 1.88 bits per heavy atom. The Morgan fingerprint density at radius 1 is 1.24 bits per heavy atom. The topological polar surface area (TPSA) is 32.7 Å². The molecule has 2 rings (SSSR count). The molecule has 1 fully saturated rings. The monoisotopic (exact) mass is 255 g/mol. The Kier molecular flexibility index (Phi) is 4.80. The van der Waals surface area contributed by atoms with Crippen LogP contribution in [0.25, 0.3) is 0 Å². The number of rotatable bonds is 4. The summed E-state index contributed by atoms with van der Waals surface area (Å²) >= 11 is 5.86. The molecule has 1 heterocycles. The molecule has 0 spiro atoms. The van der Waals surface area contributed by atoms with E-state index in [1.807, 2.05) is 24.3 Å². The van der Waals surface area contributed by atoms with Crippen LogP contribution in [0.4, 0.5) is 0 Å². The van der Waals surface area contributed by atoms with Gasteiger partial charge in [0.2, 0.25) is 0 Å². The first-order chi connectivity index (χ1) is 8.29. The molecule has 1 aromatic carbocycles. The molecule has 3 nitrogen and oxygen atoms in total. The number of aliphatic hydroxyl groups excluding tert-OH is 1. The highest BCUT2D eigenvalue weighted by Crippen LogP contribution is 2.19. The van der Waals surface area contributed by atoms with Crippen LogP contribution < -0.4 is 0 Å². The molecule has 94 valence electrons. The largest absolute Gasteiger partial charge is 0.396 e. The molecule has 0 aromatic heterocycles. The molecule has 1 N–H and O–H groups in total. The third-order valence-electron chi connectivity index (χ3n) is 3.14. The molecular weight excluding hydrogens is 238 g/mol. The van der Waals surface area contributed by atoms with Crippen LogP contribution in [0.15, 0.2) is 24.3 Å². The maximum atomic E-state index is 9.49. The summed E-state index contributed by atoms with van der Waals surface area (Å²) in [5.74, 6) is 0.158. The maximum absolute atomic E-state index is 9.49. The van der Waals surface area contributed by atoms with Gasteiger partial charge in [0.1, 0.15) is 0 Å². The highest BCUT2D eigenvalue weighted by molar-refractivity contribution is 6.30. The molecule has 0 aliphatic carbocycles. The van der Waals surface area contributed by atoms with E-state index in [-0.39, 0.29) is 12.5 Å². The molecule has 4 heteroatoms. The minimum Gasteiger partial charge on any atom is -0.396 e. The lowest BCUT2D eigenvalue weighted by Gasteiger charge is -2.30. The molecule has 17 heavy (non-hydrogen) atoms. The number of ether oxygens (including phenoxy) is 1. The molecule has 0 amide bonds. The van der Waals surface area contributed by atoms with Gasteiger partial charge >= 0.3 is 0 Å². The average molecular weight is 256 g/mol. The van der Waals surface area contributed by atoms with E-state index in [1.54, 1.807) is 0 Å². The van der Waals surface area contributed by atoms with Gasteiger partial charge in [0.15, 0.2) is 0 Å². The van der Waals surface area contributed by atoms with Crippen LogP contribution in [0.1, 0.15) is 11.5 Å². The number of halogens is 1. The molecule has 1 saturated heterocycles. The number of nitrogens with zero attached hydrogens (tertiary/aromatic N) is 1. The van der Waals surface area contributed by atoms with Crippen LogP contribution in [0, 0.1) is 0 Å². The predicted molar refractivity (Wildman–Crippen MR) is 68.5 cm³/mol. The van der Waals surface area contributed by atoms with E-state index in [2.05, 4.69) is 4.90 Å². The molecule has 1 aliphatic rings. The van der Waals surface area contributed by atoms with E-state index >= 15 is 0 Å². The Balaban J connectivity index is 1.97. The molecule has 1 aromatic rings. The van der Waals surface area contributed by atoms with E-state index in [9.17, 15) is 5.11 Å². The lowest BCUT2D eigenvalue weighted by molar-refractivity contribution is 0.0319. The summed E-state index contributed by atoms with van der Waals surface area (Å²) < 4.78 is 5.31. The Bertz CT molecular complexity index is 336. The summed E-state index contributed by atoms with van der Waals surface area (Å²) in [6, 6.07) is 7.73. The lowest BCUT2D eigenvalue weighted by atomic mass is 9.99. The van der Waals surface area contributed by atoms with Crippen molar-refractivity contribution < 1.29 is 9.84 Å². The summed E-state index contributed by atoms with van der Waals surface area (Å²) in [4.78, 5) is 2.33. The second-order valence-electron chi connectivity index (χ2n) is 4.34. The Labute approximate surface area is 107 Å². The second-order valence-corrected chi connectivity index (χ2v) is 4.78. The van der Waals surface area contributed by atoms with Gasteiger partial charge in [0, 0.05) is 30.6 Å². The van der Waals surface area contributed by atoms with E-state index < -0.39 is 0 Å². The van der Waals surface area contributed by atoms with Crippen molar-refractivity contribution in [1.82, 2.24) is 4.90 Å². The number of morpholine rings is 1. The number of aliphatic hydroxyl groups is 1. The highest BCUT2D eigenvalue weighted by atomic mass is 35.5. The fraction of sp³-hybridized carbons (Fsp3) is 0.538. The maximum Gasteiger partial charge on any atom is 0.0594 e. The summed E-state index contributed by atoms with van der Waals surface area (Å²) in [5, 5.41) is 10.2. The van der Waals surface area contributed by atoms with Gasteiger partial charge in [-0.15, -0.1) is 0 Å².